The summed E-state index contributed by atoms with van der Waals surface area (Å²) in [6.45, 7) is 0. The Morgan fingerprint density at radius 1 is 0.944 bits per heavy atom. The number of fused-ring (bicyclic) bond motifs is 1. The maximum atomic E-state index is 10.3. The van der Waals surface area contributed by atoms with Gasteiger partial charge in [-0.1, -0.05) is 36.4 Å². The van der Waals surface area contributed by atoms with Gasteiger partial charge in [0.25, 0.3) is 0 Å². The number of hydrogen-bond acceptors (Lipinski definition) is 2. The summed E-state index contributed by atoms with van der Waals surface area (Å²) in [5, 5.41) is 10.3. The molecule has 0 saturated heterocycles. The third-order valence-corrected chi connectivity index (χ3v) is 3.60. The number of aromatic nitrogens is 1. The number of pyridine rings is 1. The van der Waals surface area contributed by atoms with Gasteiger partial charge in [0, 0.05) is 5.69 Å². The normalized spacial score (nSPS) is 16.1. The molecular weight excluding hydrogens is 222 g/mol. The van der Waals surface area contributed by atoms with E-state index in [4.69, 9.17) is 0 Å². The fourth-order valence-electron chi connectivity index (χ4n) is 2.56. The summed E-state index contributed by atoms with van der Waals surface area (Å²) in [5.74, 6) is 0. The minimum absolute atomic E-state index is 0.613. The van der Waals surface area contributed by atoms with Crippen LogP contribution in [0.5, 0.6) is 0 Å². The molecule has 1 aliphatic rings. The molecule has 1 aromatic carbocycles. The maximum absolute atomic E-state index is 10.3. The van der Waals surface area contributed by atoms with Crippen molar-refractivity contribution in [2.45, 2.75) is 31.8 Å². The summed E-state index contributed by atoms with van der Waals surface area (Å²) >= 11 is 0. The van der Waals surface area contributed by atoms with Gasteiger partial charge in [-0.25, -0.2) is 0 Å². The molecule has 1 unspecified atom stereocenters. The van der Waals surface area contributed by atoms with E-state index in [0.717, 1.165) is 24.1 Å². The van der Waals surface area contributed by atoms with Crippen LogP contribution in [-0.2, 0) is 12.8 Å². The Morgan fingerprint density at radius 3 is 2.56 bits per heavy atom. The second-order valence-electron chi connectivity index (χ2n) is 4.86. The van der Waals surface area contributed by atoms with Crippen LogP contribution in [0.3, 0.4) is 0 Å². The van der Waals surface area contributed by atoms with Crippen molar-refractivity contribution < 1.29 is 5.11 Å². The van der Waals surface area contributed by atoms with Crippen LogP contribution in [0.4, 0.5) is 0 Å². The van der Waals surface area contributed by atoms with Crippen LogP contribution in [0.2, 0.25) is 0 Å². The minimum atomic E-state index is -0.613. The number of nitrogens with zero attached hydrogens (tertiary/aromatic N) is 1. The zero-order chi connectivity index (χ0) is 12.4. The van der Waals surface area contributed by atoms with Gasteiger partial charge in [-0.2, -0.15) is 0 Å². The van der Waals surface area contributed by atoms with Crippen molar-refractivity contribution >= 4 is 0 Å². The lowest BCUT2D eigenvalue weighted by Gasteiger charge is -2.17. The van der Waals surface area contributed by atoms with Gasteiger partial charge >= 0.3 is 0 Å². The topological polar surface area (TPSA) is 33.1 Å². The molecule has 1 N–H and O–H groups in total. The number of aryl methyl sites for hydroxylation is 2. The Balaban J connectivity index is 1.93. The number of benzene rings is 1. The molecule has 1 aromatic heterocycles. The molecule has 2 aromatic rings. The first kappa shape index (κ1) is 11.4. The Kier molecular flexibility index (Phi) is 3.11. The highest BCUT2D eigenvalue weighted by Crippen LogP contribution is 2.24. The first-order valence-corrected chi connectivity index (χ1v) is 6.56. The van der Waals surface area contributed by atoms with E-state index in [-0.39, 0.29) is 0 Å². The molecule has 92 valence electrons. The predicted octanol–water partition coefficient (Wildman–Crippen LogP) is 3.04. The fraction of sp³-hybridized carbons (Fsp3) is 0.312. The van der Waals surface area contributed by atoms with Crippen LogP contribution in [0.15, 0.2) is 42.5 Å². The van der Waals surface area contributed by atoms with Crippen LogP contribution in [0.1, 0.15) is 41.5 Å². The van der Waals surface area contributed by atoms with Gasteiger partial charge in [-0.05, 0) is 42.9 Å². The van der Waals surface area contributed by atoms with Crippen molar-refractivity contribution in [3.63, 3.8) is 0 Å². The van der Waals surface area contributed by atoms with Crippen molar-refractivity contribution in [1.29, 1.82) is 0 Å². The molecule has 0 bridgehead atoms. The van der Waals surface area contributed by atoms with Crippen molar-refractivity contribution in [3.8, 4) is 0 Å². The molecule has 18 heavy (non-hydrogen) atoms. The molecule has 0 radical (unpaired) electrons. The van der Waals surface area contributed by atoms with E-state index in [2.05, 4.69) is 11.1 Å². The van der Waals surface area contributed by atoms with Gasteiger partial charge in [0.05, 0.1) is 5.69 Å². The first-order valence-electron chi connectivity index (χ1n) is 6.56. The molecule has 1 atom stereocenters. The molecule has 2 heteroatoms. The Hall–Kier alpha value is -1.67. The molecule has 3 rings (SSSR count). The smallest absolute Gasteiger partial charge is 0.121 e. The second-order valence-corrected chi connectivity index (χ2v) is 4.86. The fourth-order valence-corrected chi connectivity index (χ4v) is 2.56. The van der Waals surface area contributed by atoms with Gasteiger partial charge < -0.3 is 5.11 Å². The average Bonchev–Trinajstić information content (AvgIpc) is 2.47. The maximum Gasteiger partial charge on any atom is 0.121 e. The van der Waals surface area contributed by atoms with Gasteiger partial charge in [0.1, 0.15) is 6.10 Å². The molecule has 0 amide bonds. The van der Waals surface area contributed by atoms with Crippen LogP contribution in [0.25, 0.3) is 0 Å². The highest BCUT2D eigenvalue weighted by Gasteiger charge is 2.15. The second kappa shape index (κ2) is 4.91. The molecule has 1 heterocycles. The van der Waals surface area contributed by atoms with Gasteiger partial charge in [0.2, 0.25) is 0 Å². The Labute approximate surface area is 107 Å². The molecule has 0 spiro atoms. The summed E-state index contributed by atoms with van der Waals surface area (Å²) in [7, 11) is 0. The third kappa shape index (κ3) is 2.16. The van der Waals surface area contributed by atoms with Gasteiger partial charge in [-0.15, -0.1) is 0 Å². The Morgan fingerprint density at radius 2 is 1.72 bits per heavy atom. The standard InChI is InChI=1S/C16H17NO/c18-16(13-7-2-1-3-8-13)15-11-10-12-6-4-5-9-14(12)17-15/h1-3,7-8,10-11,16,18H,4-6,9H2. The monoisotopic (exact) mass is 239 g/mol. The van der Waals surface area contributed by atoms with Gasteiger partial charge in [0.15, 0.2) is 0 Å². The van der Waals surface area contributed by atoms with E-state index in [1.807, 2.05) is 36.4 Å². The van der Waals surface area contributed by atoms with Crippen LogP contribution < -0.4 is 0 Å². The van der Waals surface area contributed by atoms with E-state index in [9.17, 15) is 5.11 Å². The van der Waals surface area contributed by atoms with Crippen LogP contribution in [-0.4, -0.2) is 10.1 Å². The minimum Gasteiger partial charge on any atom is -0.382 e. The van der Waals surface area contributed by atoms with E-state index in [1.165, 1.54) is 24.1 Å². The zero-order valence-corrected chi connectivity index (χ0v) is 10.3. The summed E-state index contributed by atoms with van der Waals surface area (Å²) < 4.78 is 0. The number of hydrogen-bond donors (Lipinski definition) is 1. The molecule has 0 saturated carbocycles. The van der Waals surface area contributed by atoms with Crippen LogP contribution in [0, 0.1) is 0 Å². The highest BCUT2D eigenvalue weighted by molar-refractivity contribution is 5.30. The van der Waals surface area contributed by atoms with Gasteiger partial charge in [-0.3, -0.25) is 4.98 Å². The number of aliphatic hydroxyl groups excluding tert-OH is 1. The average molecular weight is 239 g/mol. The quantitative estimate of drug-likeness (QED) is 0.873. The lowest BCUT2D eigenvalue weighted by atomic mass is 9.95. The zero-order valence-electron chi connectivity index (χ0n) is 10.3. The van der Waals surface area contributed by atoms with E-state index in [1.54, 1.807) is 0 Å². The van der Waals surface area contributed by atoms with Crippen molar-refractivity contribution in [3.05, 3.63) is 65.0 Å². The summed E-state index contributed by atoms with van der Waals surface area (Å²) in [6.07, 6.45) is 4.04. The molecule has 2 nitrogen and oxygen atoms in total. The van der Waals surface area contributed by atoms with Crippen molar-refractivity contribution in [2.24, 2.45) is 0 Å². The Bertz CT molecular complexity index is 536. The van der Waals surface area contributed by atoms with Crippen molar-refractivity contribution in [1.82, 2.24) is 4.98 Å². The van der Waals surface area contributed by atoms with Crippen LogP contribution >= 0.6 is 0 Å². The van der Waals surface area contributed by atoms with E-state index in [0.29, 0.717) is 0 Å². The highest BCUT2D eigenvalue weighted by atomic mass is 16.3. The first-order chi connectivity index (χ1) is 8.84. The molecular formula is C16H17NO. The van der Waals surface area contributed by atoms with E-state index < -0.39 is 6.10 Å². The number of aliphatic hydroxyl groups is 1. The summed E-state index contributed by atoms with van der Waals surface area (Å²) in [4.78, 5) is 4.64. The largest absolute Gasteiger partial charge is 0.382 e. The lowest BCUT2D eigenvalue weighted by Crippen LogP contribution is -2.10. The summed E-state index contributed by atoms with van der Waals surface area (Å²) in [5.41, 5.74) is 4.20. The number of rotatable bonds is 2. The summed E-state index contributed by atoms with van der Waals surface area (Å²) in [6, 6.07) is 13.8. The predicted molar refractivity (Wildman–Crippen MR) is 71.4 cm³/mol. The third-order valence-electron chi connectivity index (χ3n) is 3.60. The van der Waals surface area contributed by atoms with Crippen molar-refractivity contribution in [2.75, 3.05) is 0 Å². The molecule has 0 aliphatic heterocycles. The lowest BCUT2D eigenvalue weighted by molar-refractivity contribution is 0.215. The SMILES string of the molecule is OC(c1ccccc1)c1ccc2c(n1)CCCC2. The van der Waals surface area contributed by atoms with E-state index >= 15 is 0 Å². The molecule has 1 aliphatic carbocycles. The molecule has 0 fully saturated rings.